The zero-order chi connectivity index (χ0) is 21.4. The Labute approximate surface area is 172 Å². The third kappa shape index (κ3) is 7.01. The van der Waals surface area contributed by atoms with Crippen molar-refractivity contribution in [3.05, 3.63) is 35.4 Å². The highest BCUT2D eigenvalue weighted by Crippen LogP contribution is 2.40. The monoisotopic (exact) mass is 412 g/mol. The first-order valence-corrected chi connectivity index (χ1v) is 10.3. The molecule has 1 aromatic carbocycles. The summed E-state index contributed by atoms with van der Waals surface area (Å²) in [6.45, 7) is 8.74. The number of piperidine rings is 1. The Morgan fingerprint density at radius 3 is 2.45 bits per heavy atom. The van der Waals surface area contributed by atoms with E-state index in [1.165, 1.54) is 18.6 Å². The molecular formula is C22H34F2N2O3. The fourth-order valence-electron chi connectivity index (χ4n) is 4.07. The summed E-state index contributed by atoms with van der Waals surface area (Å²) < 4.78 is 32.7. The van der Waals surface area contributed by atoms with Crippen LogP contribution in [0, 0.1) is 17.0 Å². The van der Waals surface area contributed by atoms with Gasteiger partial charge in [-0.3, -0.25) is 9.69 Å². The second kappa shape index (κ2) is 11.0. The van der Waals surface area contributed by atoms with Gasteiger partial charge in [0.25, 0.3) is 6.47 Å². The maximum absolute atomic E-state index is 13.4. The van der Waals surface area contributed by atoms with Crippen molar-refractivity contribution < 1.29 is 23.4 Å². The fourth-order valence-corrected chi connectivity index (χ4v) is 4.07. The number of likely N-dealkylation sites (tertiary alicyclic amines) is 1. The molecule has 1 aromatic rings. The standard InChI is InChI=1S/C21H32F2N2O.CH2O2/c1-16(2)24(3)14-18-6-7-21(15-26-18)8-10-25(11-9-21)13-17-4-5-19(22)20(23)12-17;2-1-3/h4-5,12,16,18H,6-11,13-15H2,1-3H3;1H,(H,2,3). The number of likely N-dealkylation sites (N-methyl/N-ethyl adjacent to an activating group) is 1. The molecule has 2 aliphatic rings. The molecular weight excluding hydrogens is 378 g/mol. The number of hydrogen-bond acceptors (Lipinski definition) is 4. The lowest BCUT2D eigenvalue weighted by Crippen LogP contribution is -2.47. The summed E-state index contributed by atoms with van der Waals surface area (Å²) in [4.78, 5) is 13.1. The number of nitrogens with zero attached hydrogens (tertiary/aromatic N) is 2. The van der Waals surface area contributed by atoms with E-state index in [-0.39, 0.29) is 6.47 Å². The Bertz CT molecular complexity index is 639. The van der Waals surface area contributed by atoms with Crippen LogP contribution < -0.4 is 0 Å². The summed E-state index contributed by atoms with van der Waals surface area (Å²) in [5, 5.41) is 6.89. The van der Waals surface area contributed by atoms with Crippen molar-refractivity contribution in [2.24, 2.45) is 5.41 Å². The highest BCUT2D eigenvalue weighted by molar-refractivity contribution is 5.32. The van der Waals surface area contributed by atoms with Gasteiger partial charge in [-0.05, 0) is 82.8 Å². The van der Waals surface area contributed by atoms with E-state index in [1.54, 1.807) is 6.07 Å². The van der Waals surface area contributed by atoms with Crippen LogP contribution in [-0.4, -0.2) is 66.8 Å². The number of halogens is 2. The van der Waals surface area contributed by atoms with Crippen molar-refractivity contribution in [3.63, 3.8) is 0 Å². The van der Waals surface area contributed by atoms with Gasteiger partial charge in [-0.2, -0.15) is 0 Å². The van der Waals surface area contributed by atoms with Crippen molar-refractivity contribution in [3.8, 4) is 0 Å². The van der Waals surface area contributed by atoms with Gasteiger partial charge in [0.15, 0.2) is 11.6 Å². The second-order valence-electron chi connectivity index (χ2n) is 8.64. The molecule has 0 bridgehead atoms. The number of benzene rings is 1. The van der Waals surface area contributed by atoms with Crippen LogP contribution in [0.5, 0.6) is 0 Å². The molecule has 0 aromatic heterocycles. The van der Waals surface area contributed by atoms with Gasteiger partial charge in [0.1, 0.15) is 0 Å². The van der Waals surface area contributed by atoms with E-state index in [4.69, 9.17) is 14.6 Å². The van der Waals surface area contributed by atoms with Crippen LogP contribution in [0.3, 0.4) is 0 Å². The molecule has 1 unspecified atom stereocenters. The van der Waals surface area contributed by atoms with Crippen molar-refractivity contribution in [2.45, 2.75) is 58.2 Å². The Morgan fingerprint density at radius 1 is 1.28 bits per heavy atom. The van der Waals surface area contributed by atoms with Gasteiger partial charge in [-0.25, -0.2) is 8.78 Å². The molecule has 29 heavy (non-hydrogen) atoms. The van der Waals surface area contributed by atoms with Gasteiger partial charge in [0.2, 0.25) is 0 Å². The van der Waals surface area contributed by atoms with Crippen LogP contribution in [0.15, 0.2) is 18.2 Å². The highest BCUT2D eigenvalue weighted by Gasteiger charge is 2.39. The van der Waals surface area contributed by atoms with E-state index in [1.807, 2.05) is 0 Å². The van der Waals surface area contributed by atoms with Crippen LogP contribution >= 0.6 is 0 Å². The number of rotatable bonds is 5. The lowest BCUT2D eigenvalue weighted by molar-refractivity contribution is -0.122. The summed E-state index contributed by atoms with van der Waals surface area (Å²) >= 11 is 0. The molecule has 5 nitrogen and oxygen atoms in total. The van der Waals surface area contributed by atoms with Gasteiger partial charge in [0.05, 0.1) is 12.7 Å². The number of carboxylic acid groups (broad SMARTS) is 1. The van der Waals surface area contributed by atoms with Gasteiger partial charge >= 0.3 is 0 Å². The first-order valence-electron chi connectivity index (χ1n) is 10.3. The minimum absolute atomic E-state index is 0.250. The Balaban J connectivity index is 0.000000941. The lowest BCUT2D eigenvalue weighted by Gasteiger charge is -2.46. The zero-order valence-corrected chi connectivity index (χ0v) is 17.7. The Morgan fingerprint density at radius 2 is 1.93 bits per heavy atom. The largest absolute Gasteiger partial charge is 0.483 e. The third-order valence-corrected chi connectivity index (χ3v) is 6.30. The summed E-state index contributed by atoms with van der Waals surface area (Å²) in [5.41, 5.74) is 1.16. The topological polar surface area (TPSA) is 53.0 Å². The van der Waals surface area contributed by atoms with Gasteiger partial charge < -0.3 is 14.7 Å². The minimum Gasteiger partial charge on any atom is -0.483 e. The van der Waals surface area contributed by atoms with Crippen LogP contribution in [0.2, 0.25) is 0 Å². The maximum Gasteiger partial charge on any atom is 0.290 e. The van der Waals surface area contributed by atoms with E-state index in [0.29, 0.717) is 24.1 Å². The number of hydrogen-bond donors (Lipinski definition) is 1. The molecule has 2 heterocycles. The van der Waals surface area contributed by atoms with Crippen molar-refractivity contribution in [1.82, 2.24) is 9.80 Å². The number of carbonyl (C=O) groups is 1. The normalized spacial score (nSPS) is 21.8. The van der Waals surface area contributed by atoms with E-state index >= 15 is 0 Å². The molecule has 164 valence electrons. The first-order chi connectivity index (χ1) is 13.8. The minimum atomic E-state index is -0.775. The van der Waals surface area contributed by atoms with Crippen molar-refractivity contribution in [2.75, 3.05) is 33.3 Å². The van der Waals surface area contributed by atoms with Crippen molar-refractivity contribution in [1.29, 1.82) is 0 Å². The van der Waals surface area contributed by atoms with E-state index in [9.17, 15) is 8.78 Å². The molecule has 1 N–H and O–H groups in total. The average Bonchev–Trinajstić information content (AvgIpc) is 2.69. The second-order valence-corrected chi connectivity index (χ2v) is 8.64. The SMILES string of the molecule is CC(C)N(C)CC1CCC2(CCN(Cc3ccc(F)c(F)c3)CC2)CO1.O=CO. The summed E-state index contributed by atoms with van der Waals surface area (Å²) in [5.74, 6) is -1.53. The molecule has 7 heteroatoms. The highest BCUT2D eigenvalue weighted by atomic mass is 19.2. The van der Waals surface area contributed by atoms with Crippen LogP contribution in [0.4, 0.5) is 8.78 Å². The molecule has 0 aliphatic carbocycles. The van der Waals surface area contributed by atoms with Gasteiger partial charge in [-0.1, -0.05) is 6.07 Å². The third-order valence-electron chi connectivity index (χ3n) is 6.30. The quantitative estimate of drug-likeness (QED) is 0.747. The average molecular weight is 413 g/mol. The van der Waals surface area contributed by atoms with Crippen molar-refractivity contribution >= 4 is 6.47 Å². The van der Waals surface area contributed by atoms with Crippen LogP contribution in [0.25, 0.3) is 0 Å². The van der Waals surface area contributed by atoms with E-state index < -0.39 is 11.6 Å². The molecule has 1 atom stereocenters. The predicted molar refractivity (Wildman–Crippen MR) is 109 cm³/mol. The molecule has 2 saturated heterocycles. The number of ether oxygens (including phenoxy) is 1. The van der Waals surface area contributed by atoms with Gasteiger partial charge in [0, 0.05) is 19.1 Å². The Hall–Kier alpha value is -1.57. The summed E-state index contributed by atoms with van der Waals surface area (Å²) in [6.07, 6.45) is 4.99. The molecule has 0 amide bonds. The molecule has 1 spiro atoms. The predicted octanol–water partition coefficient (Wildman–Crippen LogP) is 3.77. The molecule has 0 radical (unpaired) electrons. The molecule has 3 rings (SSSR count). The van der Waals surface area contributed by atoms with Crippen LogP contribution in [0.1, 0.15) is 45.1 Å². The van der Waals surface area contributed by atoms with Gasteiger partial charge in [-0.15, -0.1) is 0 Å². The first kappa shape index (κ1) is 23.7. The van der Waals surface area contributed by atoms with E-state index in [0.717, 1.165) is 51.1 Å². The molecule has 2 aliphatic heterocycles. The maximum atomic E-state index is 13.4. The molecule has 2 fully saturated rings. The van der Waals surface area contributed by atoms with E-state index in [2.05, 4.69) is 30.7 Å². The summed E-state index contributed by atoms with van der Waals surface area (Å²) in [6, 6.07) is 4.77. The lowest BCUT2D eigenvalue weighted by atomic mass is 9.73. The zero-order valence-electron chi connectivity index (χ0n) is 17.7. The fraction of sp³-hybridized carbons (Fsp3) is 0.682. The van der Waals surface area contributed by atoms with Crippen LogP contribution in [-0.2, 0) is 16.1 Å². The molecule has 0 saturated carbocycles. The smallest absolute Gasteiger partial charge is 0.290 e. The Kier molecular flexibility index (Phi) is 8.99. The summed E-state index contributed by atoms with van der Waals surface area (Å²) in [7, 11) is 2.16.